The van der Waals surface area contributed by atoms with E-state index in [0.29, 0.717) is 17.3 Å². The van der Waals surface area contributed by atoms with E-state index in [9.17, 15) is 4.79 Å². The maximum absolute atomic E-state index is 13.0. The molecule has 0 saturated carbocycles. The average molecular weight is 514 g/mol. The molecule has 170 valence electrons. The lowest BCUT2D eigenvalue weighted by atomic mass is 10.1. The van der Waals surface area contributed by atoms with Gasteiger partial charge in [0.1, 0.15) is 29.0 Å². The summed E-state index contributed by atoms with van der Waals surface area (Å²) in [5.41, 5.74) is 12.3. The van der Waals surface area contributed by atoms with Crippen molar-refractivity contribution < 1.29 is 31.1 Å². The molecule has 0 spiro atoms. The molecule has 5 aromatic rings. The summed E-state index contributed by atoms with van der Waals surface area (Å²) in [6.45, 7) is 0.147. The van der Waals surface area contributed by atoms with Crippen molar-refractivity contribution in [1.82, 2.24) is 4.57 Å². The van der Waals surface area contributed by atoms with Gasteiger partial charge >= 0.3 is 5.95 Å². The number of hydrogen-bond acceptors (Lipinski definition) is 3. The zero-order chi connectivity index (χ0) is 22.8. The van der Waals surface area contributed by atoms with Crippen LogP contribution in [0.4, 0.5) is 5.95 Å². The molecule has 0 fully saturated rings. The van der Waals surface area contributed by atoms with E-state index < -0.39 is 0 Å². The number of imidazole rings is 1. The summed E-state index contributed by atoms with van der Waals surface area (Å²) in [5.74, 6) is 1.21. The number of aromatic nitrogens is 2. The normalized spacial score (nSPS) is 10.6. The van der Waals surface area contributed by atoms with E-state index in [4.69, 9.17) is 10.5 Å². The van der Waals surface area contributed by atoms with Gasteiger partial charge in [0.2, 0.25) is 0 Å². The molecular weight excluding hydrogens is 490 g/mol. The number of carbonyl (C=O) groups excluding carboxylic acids is 1. The Morgan fingerprint density at radius 3 is 2.12 bits per heavy atom. The van der Waals surface area contributed by atoms with Gasteiger partial charge in [0.15, 0.2) is 5.78 Å². The Morgan fingerprint density at radius 2 is 1.44 bits per heavy atom. The van der Waals surface area contributed by atoms with Gasteiger partial charge in [-0.2, -0.15) is 4.57 Å². The summed E-state index contributed by atoms with van der Waals surface area (Å²) in [6.07, 6.45) is 0. The van der Waals surface area contributed by atoms with Crippen LogP contribution in [0.15, 0.2) is 103 Å². The summed E-state index contributed by atoms with van der Waals surface area (Å²) < 4.78 is 9.05. The van der Waals surface area contributed by atoms with E-state index in [1.54, 1.807) is 31.4 Å². The second-order valence-electron chi connectivity index (χ2n) is 7.83. The van der Waals surface area contributed by atoms with Crippen LogP contribution in [0, 0.1) is 0 Å². The number of anilines is 1. The maximum atomic E-state index is 13.0. The molecule has 6 heteroatoms. The van der Waals surface area contributed by atoms with Crippen molar-refractivity contribution >= 4 is 22.8 Å². The monoisotopic (exact) mass is 513 g/mol. The number of benzene rings is 4. The first-order chi connectivity index (χ1) is 16.2. The van der Waals surface area contributed by atoms with Crippen molar-refractivity contribution in [3.8, 4) is 22.6 Å². The van der Waals surface area contributed by atoms with Gasteiger partial charge in [-0.25, -0.2) is 4.57 Å². The number of ether oxygens (including phenoxy) is 1. The first-order valence-corrected chi connectivity index (χ1v) is 10.8. The van der Waals surface area contributed by atoms with Gasteiger partial charge in [-0.3, -0.25) is 10.5 Å². The summed E-state index contributed by atoms with van der Waals surface area (Å²) in [6, 6.07) is 33.6. The Labute approximate surface area is 208 Å². The van der Waals surface area contributed by atoms with Crippen LogP contribution in [0.2, 0.25) is 0 Å². The molecule has 0 aliphatic rings. The molecule has 5 nitrogen and oxygen atoms in total. The number of hydrogen-bond donors (Lipinski definition) is 1. The van der Waals surface area contributed by atoms with Crippen LogP contribution in [0.25, 0.3) is 27.8 Å². The van der Waals surface area contributed by atoms with Gasteiger partial charge in [0.25, 0.3) is 0 Å². The van der Waals surface area contributed by atoms with Crippen molar-refractivity contribution in [2.75, 3.05) is 12.8 Å². The molecule has 0 amide bonds. The second kappa shape index (κ2) is 9.93. The number of rotatable bonds is 6. The number of carbonyl (C=O) groups is 1. The number of para-hydroxylation sites is 2. The van der Waals surface area contributed by atoms with E-state index in [1.165, 1.54) is 0 Å². The highest BCUT2D eigenvalue weighted by atomic mass is 79.9. The van der Waals surface area contributed by atoms with Crippen molar-refractivity contribution in [3.05, 3.63) is 109 Å². The zero-order valence-corrected chi connectivity index (χ0v) is 20.3. The molecule has 0 bridgehead atoms. The van der Waals surface area contributed by atoms with Gasteiger partial charge in [-0.1, -0.05) is 54.6 Å². The van der Waals surface area contributed by atoms with Crippen LogP contribution in [0.3, 0.4) is 0 Å². The van der Waals surface area contributed by atoms with Crippen molar-refractivity contribution in [3.63, 3.8) is 0 Å². The van der Waals surface area contributed by atoms with Crippen LogP contribution >= 0.6 is 0 Å². The van der Waals surface area contributed by atoms with Gasteiger partial charge in [-0.05, 0) is 59.7 Å². The lowest BCUT2D eigenvalue weighted by Gasteiger charge is -2.05. The quantitative estimate of drug-likeness (QED) is 0.279. The molecule has 0 saturated heterocycles. The number of halogens is 1. The van der Waals surface area contributed by atoms with Gasteiger partial charge in [0, 0.05) is 5.56 Å². The summed E-state index contributed by atoms with van der Waals surface area (Å²) in [4.78, 5) is 13.0. The largest absolute Gasteiger partial charge is 1.00 e. The Kier molecular flexibility index (Phi) is 6.80. The number of nitrogens with two attached hydrogens (primary N) is 1. The van der Waals surface area contributed by atoms with Crippen LogP contribution < -0.4 is 32.0 Å². The number of methoxy groups -OCH3 is 1. The number of nitrogens with zero attached hydrogens (tertiary/aromatic N) is 2. The van der Waals surface area contributed by atoms with E-state index in [-0.39, 0.29) is 29.3 Å². The lowest BCUT2D eigenvalue weighted by Crippen LogP contribution is -3.00. The average Bonchev–Trinajstić information content (AvgIpc) is 3.15. The third-order valence-electron chi connectivity index (χ3n) is 5.87. The number of nitrogen functional groups attached to an aromatic ring is 1. The number of fused-ring (bicyclic) bond motifs is 1. The third-order valence-corrected chi connectivity index (χ3v) is 5.87. The van der Waals surface area contributed by atoms with Crippen LogP contribution in [0.1, 0.15) is 10.4 Å². The SMILES string of the molecule is COc1ccc(C(=O)C[n+]2c(N)n(-c3ccc(-c4ccccc4)cc3)c3ccccc32)cc1.[Br-]. The van der Waals surface area contributed by atoms with Gasteiger partial charge in [0.05, 0.1) is 7.11 Å². The molecule has 0 atom stereocenters. The topological polar surface area (TPSA) is 61.1 Å². The Bertz CT molecular complexity index is 1430. The second-order valence-corrected chi connectivity index (χ2v) is 7.83. The highest BCUT2D eigenvalue weighted by Crippen LogP contribution is 2.25. The number of ketones is 1. The van der Waals surface area contributed by atoms with Crippen molar-refractivity contribution in [2.45, 2.75) is 6.54 Å². The summed E-state index contributed by atoms with van der Waals surface area (Å²) in [7, 11) is 1.61. The van der Waals surface area contributed by atoms with Crippen molar-refractivity contribution in [1.29, 1.82) is 0 Å². The van der Waals surface area contributed by atoms with Crippen LogP contribution in [-0.4, -0.2) is 17.5 Å². The standard InChI is InChI=1S/C28H23N3O2.BrH/c1-33-24-17-13-22(14-18-24)27(32)19-30-25-9-5-6-10-26(25)31(28(30)29)23-15-11-21(12-16-23)20-7-3-2-4-8-20;/h2-18,29H,19H2,1H3;1H. The minimum absolute atomic E-state index is 0. The minimum atomic E-state index is -0.0170. The summed E-state index contributed by atoms with van der Waals surface area (Å²) >= 11 is 0. The molecule has 2 N–H and O–H groups in total. The van der Waals surface area contributed by atoms with Gasteiger partial charge < -0.3 is 21.7 Å². The molecule has 4 aromatic carbocycles. The fraction of sp³-hybridized carbons (Fsp3) is 0.0714. The minimum Gasteiger partial charge on any atom is -1.00 e. The maximum Gasteiger partial charge on any atom is 0.361 e. The first kappa shape index (κ1) is 23.3. The highest BCUT2D eigenvalue weighted by molar-refractivity contribution is 5.95. The third kappa shape index (κ3) is 4.32. The molecule has 1 heterocycles. The molecule has 0 unspecified atom stereocenters. The fourth-order valence-electron chi connectivity index (χ4n) is 4.13. The predicted molar refractivity (Wildman–Crippen MR) is 131 cm³/mol. The van der Waals surface area contributed by atoms with E-state index in [1.807, 2.05) is 51.6 Å². The fourth-order valence-corrected chi connectivity index (χ4v) is 4.13. The van der Waals surface area contributed by atoms with E-state index in [0.717, 1.165) is 27.8 Å². The van der Waals surface area contributed by atoms with E-state index in [2.05, 4.69) is 36.4 Å². The lowest BCUT2D eigenvalue weighted by molar-refractivity contribution is -0.642. The Morgan fingerprint density at radius 1 is 0.824 bits per heavy atom. The highest BCUT2D eigenvalue weighted by Gasteiger charge is 2.24. The molecular formula is C28H24BrN3O2. The zero-order valence-electron chi connectivity index (χ0n) is 18.7. The van der Waals surface area contributed by atoms with Crippen LogP contribution in [-0.2, 0) is 6.54 Å². The van der Waals surface area contributed by atoms with E-state index >= 15 is 0 Å². The van der Waals surface area contributed by atoms with Crippen LogP contribution in [0.5, 0.6) is 5.75 Å². The molecule has 0 aliphatic carbocycles. The molecule has 1 aromatic heterocycles. The molecule has 34 heavy (non-hydrogen) atoms. The molecule has 0 aliphatic heterocycles. The summed E-state index contributed by atoms with van der Waals surface area (Å²) in [5, 5.41) is 0. The Balaban J connectivity index is 0.00000274. The first-order valence-electron chi connectivity index (χ1n) is 10.8. The number of Topliss-reactive ketones (excluding diaryl/α,β-unsaturated/α-hetero) is 1. The predicted octanol–water partition coefficient (Wildman–Crippen LogP) is 2.06. The van der Waals surface area contributed by atoms with Crippen molar-refractivity contribution in [2.24, 2.45) is 0 Å². The molecule has 0 radical (unpaired) electrons. The molecule has 5 rings (SSSR count). The smallest absolute Gasteiger partial charge is 0.361 e. The van der Waals surface area contributed by atoms with Gasteiger partial charge in [-0.15, -0.1) is 0 Å². The Hall–Kier alpha value is -3.90.